The summed E-state index contributed by atoms with van der Waals surface area (Å²) < 4.78 is 31.0. The molecular weight excluding hydrogens is 306 g/mol. The number of thiophene rings is 1. The van der Waals surface area contributed by atoms with E-state index < -0.39 is 14.9 Å². The van der Waals surface area contributed by atoms with E-state index in [9.17, 15) is 18.5 Å². The Morgan fingerprint density at radius 2 is 2.35 bits per heavy atom. The van der Waals surface area contributed by atoms with Crippen LogP contribution in [-0.4, -0.2) is 43.9 Å². The van der Waals surface area contributed by atoms with Gasteiger partial charge < -0.3 is 10.5 Å². The molecule has 1 aliphatic rings. The number of hydrogen-bond acceptors (Lipinski definition) is 7. The highest BCUT2D eigenvalue weighted by Gasteiger charge is 2.30. The first kappa shape index (κ1) is 15.2. The fraction of sp³-hybridized carbons (Fsp3) is 0.600. The zero-order valence-corrected chi connectivity index (χ0v) is 12.4. The fourth-order valence-electron chi connectivity index (χ4n) is 1.97. The highest BCUT2D eigenvalue weighted by molar-refractivity contribution is 7.91. The van der Waals surface area contributed by atoms with Gasteiger partial charge in [0.1, 0.15) is 4.21 Å². The molecule has 8 nitrogen and oxygen atoms in total. The van der Waals surface area contributed by atoms with Crippen molar-refractivity contribution in [2.75, 3.05) is 25.9 Å². The molecule has 1 saturated heterocycles. The first-order valence-electron chi connectivity index (χ1n) is 5.94. The molecular formula is C10H15N3O5S2. The maximum atomic E-state index is 12.3. The van der Waals surface area contributed by atoms with Gasteiger partial charge in [-0.3, -0.25) is 10.1 Å². The van der Waals surface area contributed by atoms with E-state index in [2.05, 4.69) is 0 Å². The van der Waals surface area contributed by atoms with Gasteiger partial charge in [0, 0.05) is 26.3 Å². The molecule has 1 aliphatic heterocycles. The molecule has 0 aromatic carbocycles. The summed E-state index contributed by atoms with van der Waals surface area (Å²) in [6.07, 6.45) is 1.60. The number of nitrogens with zero attached hydrogens (tertiary/aromatic N) is 2. The number of nitro groups is 1. The molecule has 0 radical (unpaired) electrons. The number of ether oxygens (including phenoxy) is 1. The second-order valence-corrected chi connectivity index (χ2v) is 7.85. The van der Waals surface area contributed by atoms with E-state index in [0.29, 0.717) is 17.9 Å². The molecule has 112 valence electrons. The average Bonchev–Trinajstić information content (AvgIpc) is 2.98. The van der Waals surface area contributed by atoms with E-state index in [4.69, 9.17) is 10.5 Å². The lowest BCUT2D eigenvalue weighted by Crippen LogP contribution is -2.33. The molecule has 10 heteroatoms. The minimum absolute atomic E-state index is 0.112. The summed E-state index contributed by atoms with van der Waals surface area (Å²) in [7, 11) is -2.34. The Hall–Kier alpha value is -1.23. The third-order valence-electron chi connectivity index (χ3n) is 3.06. The molecule has 1 unspecified atom stereocenters. The standard InChI is InChI=1S/C10H15N3O5S2/c1-12(6-7-3-2-4-18-7)20(16,17)9-5-8(13(14)15)10(11)19-9/h5,7H,2-4,6,11H2,1H3. The molecule has 1 atom stereocenters. The van der Waals surface area contributed by atoms with Crippen molar-refractivity contribution in [3.63, 3.8) is 0 Å². The van der Waals surface area contributed by atoms with E-state index in [-0.39, 0.29) is 27.5 Å². The molecule has 0 saturated carbocycles. The van der Waals surface area contributed by atoms with E-state index in [1.54, 1.807) is 0 Å². The van der Waals surface area contributed by atoms with Gasteiger partial charge in [-0.05, 0) is 12.8 Å². The van der Waals surface area contributed by atoms with Gasteiger partial charge >= 0.3 is 5.69 Å². The van der Waals surface area contributed by atoms with Crippen LogP contribution >= 0.6 is 11.3 Å². The molecule has 20 heavy (non-hydrogen) atoms. The molecule has 0 amide bonds. The monoisotopic (exact) mass is 321 g/mol. The predicted molar refractivity (Wildman–Crippen MR) is 74.2 cm³/mol. The Bertz CT molecular complexity index is 606. The molecule has 1 aromatic rings. The normalized spacial score (nSPS) is 19.6. The van der Waals surface area contributed by atoms with Crippen LogP contribution < -0.4 is 5.73 Å². The Kier molecular flexibility index (Phi) is 4.28. The highest BCUT2D eigenvalue weighted by Crippen LogP contribution is 2.35. The van der Waals surface area contributed by atoms with Crippen molar-refractivity contribution < 1.29 is 18.1 Å². The number of rotatable bonds is 5. The Balaban J connectivity index is 2.20. The number of sulfonamides is 1. The van der Waals surface area contributed by atoms with Crippen molar-refractivity contribution in [3.8, 4) is 0 Å². The third kappa shape index (κ3) is 2.92. The van der Waals surface area contributed by atoms with Gasteiger partial charge in [0.15, 0.2) is 5.00 Å². The molecule has 0 spiro atoms. The number of hydrogen-bond donors (Lipinski definition) is 1. The summed E-state index contributed by atoms with van der Waals surface area (Å²) in [5.41, 5.74) is 5.10. The maximum absolute atomic E-state index is 12.3. The zero-order valence-electron chi connectivity index (χ0n) is 10.8. The second kappa shape index (κ2) is 5.64. The number of likely N-dealkylation sites (N-methyl/N-ethyl adjacent to an activating group) is 1. The van der Waals surface area contributed by atoms with Crippen LogP contribution in [0.1, 0.15) is 12.8 Å². The van der Waals surface area contributed by atoms with Crippen molar-refractivity contribution in [1.82, 2.24) is 4.31 Å². The first-order chi connectivity index (χ1) is 9.32. The topological polar surface area (TPSA) is 116 Å². The summed E-state index contributed by atoms with van der Waals surface area (Å²) >= 11 is 0.702. The van der Waals surface area contributed by atoms with Crippen LogP contribution in [0.2, 0.25) is 0 Å². The predicted octanol–water partition coefficient (Wildman–Crippen LogP) is 1.04. The lowest BCUT2D eigenvalue weighted by molar-refractivity contribution is -0.383. The van der Waals surface area contributed by atoms with Gasteiger partial charge in [-0.25, -0.2) is 8.42 Å². The SMILES string of the molecule is CN(CC1CCCO1)S(=O)(=O)c1cc([N+](=O)[O-])c(N)s1. The van der Waals surface area contributed by atoms with Crippen molar-refractivity contribution in [2.24, 2.45) is 0 Å². The minimum Gasteiger partial charge on any atom is -0.385 e. The number of nitrogen functional groups attached to an aromatic ring is 1. The van der Waals surface area contributed by atoms with Gasteiger partial charge in [0.2, 0.25) is 0 Å². The van der Waals surface area contributed by atoms with Gasteiger partial charge in [-0.15, -0.1) is 0 Å². The van der Waals surface area contributed by atoms with Crippen LogP contribution in [0, 0.1) is 10.1 Å². The van der Waals surface area contributed by atoms with Gasteiger partial charge in [0.05, 0.1) is 11.0 Å². The van der Waals surface area contributed by atoms with Crippen LogP contribution in [0.4, 0.5) is 10.7 Å². The van der Waals surface area contributed by atoms with Gasteiger partial charge in [-0.2, -0.15) is 4.31 Å². The molecule has 2 rings (SSSR count). The summed E-state index contributed by atoms with van der Waals surface area (Å²) in [5.74, 6) is 0. The summed E-state index contributed by atoms with van der Waals surface area (Å²) in [4.78, 5) is 10.0. The lowest BCUT2D eigenvalue weighted by Gasteiger charge is -2.19. The lowest BCUT2D eigenvalue weighted by atomic mass is 10.2. The average molecular weight is 321 g/mol. The van der Waals surface area contributed by atoms with E-state index in [1.807, 2.05) is 0 Å². The third-order valence-corrected chi connectivity index (χ3v) is 6.29. The summed E-state index contributed by atoms with van der Waals surface area (Å²) in [5, 5.41) is 10.6. The van der Waals surface area contributed by atoms with Gasteiger partial charge in [-0.1, -0.05) is 11.3 Å². The number of anilines is 1. The first-order valence-corrected chi connectivity index (χ1v) is 8.19. The van der Waals surface area contributed by atoms with Crippen molar-refractivity contribution in [3.05, 3.63) is 16.2 Å². The minimum atomic E-state index is -3.77. The Labute approximate surface area is 120 Å². The quantitative estimate of drug-likeness (QED) is 0.640. The van der Waals surface area contributed by atoms with Gasteiger partial charge in [0.25, 0.3) is 10.0 Å². The second-order valence-electron chi connectivity index (χ2n) is 4.49. The smallest absolute Gasteiger partial charge is 0.304 e. The van der Waals surface area contributed by atoms with Crippen molar-refractivity contribution in [2.45, 2.75) is 23.2 Å². The summed E-state index contributed by atoms with van der Waals surface area (Å²) in [6.45, 7) is 0.865. The molecule has 1 aromatic heterocycles. The van der Waals surface area contributed by atoms with Crippen LogP contribution in [0.15, 0.2) is 10.3 Å². The highest BCUT2D eigenvalue weighted by atomic mass is 32.2. The maximum Gasteiger partial charge on any atom is 0.304 e. The molecule has 0 bridgehead atoms. The molecule has 0 aliphatic carbocycles. The zero-order chi connectivity index (χ0) is 14.9. The largest absolute Gasteiger partial charge is 0.385 e. The molecule has 2 heterocycles. The van der Waals surface area contributed by atoms with Crippen LogP contribution in [0.3, 0.4) is 0 Å². The van der Waals surface area contributed by atoms with Crippen LogP contribution in [0.25, 0.3) is 0 Å². The van der Waals surface area contributed by atoms with Crippen molar-refractivity contribution in [1.29, 1.82) is 0 Å². The fourth-order valence-corrected chi connectivity index (χ4v) is 4.60. The van der Waals surface area contributed by atoms with E-state index in [1.165, 1.54) is 7.05 Å². The van der Waals surface area contributed by atoms with Crippen molar-refractivity contribution >= 4 is 32.0 Å². The molecule has 1 fully saturated rings. The van der Waals surface area contributed by atoms with Crippen LogP contribution in [-0.2, 0) is 14.8 Å². The Morgan fingerprint density at radius 3 is 2.85 bits per heavy atom. The summed E-state index contributed by atoms with van der Waals surface area (Å²) in [6, 6.07) is 1.00. The Morgan fingerprint density at radius 1 is 1.65 bits per heavy atom. The van der Waals surface area contributed by atoms with E-state index in [0.717, 1.165) is 23.2 Å². The number of nitrogens with two attached hydrogens (primary N) is 1. The van der Waals surface area contributed by atoms with E-state index >= 15 is 0 Å². The van der Waals surface area contributed by atoms with Crippen LogP contribution in [0.5, 0.6) is 0 Å². The molecule has 2 N–H and O–H groups in total.